The van der Waals surface area contributed by atoms with Gasteiger partial charge in [0.2, 0.25) is 5.43 Å². The fourth-order valence-corrected chi connectivity index (χ4v) is 3.86. The fourth-order valence-electron chi connectivity index (χ4n) is 3.86. The maximum atomic E-state index is 13.3. The lowest BCUT2D eigenvalue weighted by Crippen LogP contribution is -2.14. The average molecular weight is 442 g/mol. The normalized spacial score (nSPS) is 11.8. The standard InChI is InChI=1S/C25H22N4O4/c1-13-9-17(15(3)27-20-8-6-5-7-16(20)25(31)32)23-18(10-13)22(30)19(12-26)24(33-23)21-11-14(2)29(4)28-21/h5-11,15,27H,1-4H3,(H,31,32)/t15-/m1/s1. The van der Waals surface area contributed by atoms with Crippen molar-refractivity contribution in [3.63, 3.8) is 0 Å². The van der Waals surface area contributed by atoms with Gasteiger partial charge in [-0.3, -0.25) is 9.48 Å². The Morgan fingerprint density at radius 2 is 1.97 bits per heavy atom. The highest BCUT2D eigenvalue weighted by Gasteiger charge is 2.23. The number of fused-ring (bicyclic) bond motifs is 1. The number of nitrogens with zero attached hydrogens (tertiary/aromatic N) is 3. The molecule has 2 N–H and O–H groups in total. The van der Waals surface area contributed by atoms with Gasteiger partial charge in [-0.1, -0.05) is 18.2 Å². The Balaban J connectivity index is 1.93. The van der Waals surface area contributed by atoms with Crippen molar-refractivity contribution in [2.75, 3.05) is 5.32 Å². The minimum atomic E-state index is -1.04. The Kier molecular flexibility index (Phi) is 5.48. The number of carboxylic acids is 1. The Bertz CT molecular complexity index is 1490. The molecule has 0 bridgehead atoms. The van der Waals surface area contributed by atoms with Crippen molar-refractivity contribution in [3.8, 4) is 17.5 Å². The summed E-state index contributed by atoms with van der Waals surface area (Å²) in [6.07, 6.45) is 0. The number of para-hydroxylation sites is 1. The lowest BCUT2D eigenvalue weighted by atomic mass is 9.99. The topological polar surface area (TPSA) is 121 Å². The van der Waals surface area contributed by atoms with E-state index in [0.29, 0.717) is 22.5 Å². The van der Waals surface area contributed by atoms with Gasteiger partial charge in [-0.25, -0.2) is 4.79 Å². The van der Waals surface area contributed by atoms with E-state index in [2.05, 4.69) is 10.4 Å². The first kappa shape index (κ1) is 21.8. The first-order valence-corrected chi connectivity index (χ1v) is 10.3. The lowest BCUT2D eigenvalue weighted by molar-refractivity contribution is 0.0698. The molecule has 1 atom stereocenters. The van der Waals surface area contributed by atoms with E-state index in [1.165, 1.54) is 6.07 Å². The van der Waals surface area contributed by atoms with Gasteiger partial charge in [0.05, 0.1) is 17.0 Å². The molecule has 8 nitrogen and oxygen atoms in total. The predicted molar refractivity (Wildman–Crippen MR) is 124 cm³/mol. The van der Waals surface area contributed by atoms with E-state index in [-0.39, 0.29) is 22.3 Å². The molecule has 0 amide bonds. The maximum absolute atomic E-state index is 13.3. The molecule has 0 saturated carbocycles. The molecule has 33 heavy (non-hydrogen) atoms. The molecule has 166 valence electrons. The summed E-state index contributed by atoms with van der Waals surface area (Å²) in [5, 5.41) is 27.1. The van der Waals surface area contributed by atoms with Gasteiger partial charge in [-0.15, -0.1) is 0 Å². The summed E-state index contributed by atoms with van der Waals surface area (Å²) in [6.45, 7) is 5.57. The number of aromatic nitrogens is 2. The molecule has 0 aliphatic heterocycles. The van der Waals surface area contributed by atoms with Crippen LogP contribution in [0.15, 0.2) is 51.7 Å². The summed E-state index contributed by atoms with van der Waals surface area (Å²) >= 11 is 0. The summed E-state index contributed by atoms with van der Waals surface area (Å²) in [5.74, 6) is -0.931. The molecule has 0 radical (unpaired) electrons. The number of carboxylic acid groups (broad SMARTS) is 1. The Labute approximate surface area is 189 Å². The van der Waals surface area contributed by atoms with Crippen molar-refractivity contribution in [1.29, 1.82) is 5.26 Å². The molecule has 0 spiro atoms. The molecular weight excluding hydrogens is 420 g/mol. The summed E-state index contributed by atoms with van der Waals surface area (Å²) in [6, 6.07) is 13.5. The van der Waals surface area contributed by atoms with Crippen molar-refractivity contribution >= 4 is 22.6 Å². The molecule has 0 fully saturated rings. The fraction of sp³-hybridized carbons (Fsp3) is 0.200. The first-order valence-electron chi connectivity index (χ1n) is 10.3. The highest BCUT2D eigenvalue weighted by molar-refractivity contribution is 5.94. The van der Waals surface area contributed by atoms with E-state index in [1.807, 2.05) is 32.9 Å². The van der Waals surface area contributed by atoms with Crippen LogP contribution in [0.1, 0.15) is 45.7 Å². The van der Waals surface area contributed by atoms with Gasteiger partial charge in [0.15, 0.2) is 5.76 Å². The molecule has 2 aromatic carbocycles. The quantitative estimate of drug-likeness (QED) is 0.465. The molecular formula is C25H22N4O4. The molecule has 0 unspecified atom stereocenters. The third kappa shape index (κ3) is 3.85. The number of anilines is 1. The smallest absolute Gasteiger partial charge is 0.337 e. The van der Waals surface area contributed by atoms with Gasteiger partial charge < -0.3 is 14.8 Å². The zero-order chi connectivity index (χ0) is 23.9. The van der Waals surface area contributed by atoms with Gasteiger partial charge in [0.1, 0.15) is 22.9 Å². The SMILES string of the molecule is Cc1cc([C@@H](C)Nc2ccccc2C(=O)O)c2oc(-c3cc(C)n(C)n3)c(C#N)c(=O)c2c1. The summed E-state index contributed by atoms with van der Waals surface area (Å²) in [5.41, 5.74) is 3.11. The van der Waals surface area contributed by atoms with Crippen molar-refractivity contribution in [2.45, 2.75) is 26.8 Å². The number of nitrogens with one attached hydrogen (secondary N) is 1. The highest BCUT2D eigenvalue weighted by atomic mass is 16.4. The van der Waals surface area contributed by atoms with Crippen LogP contribution in [0.2, 0.25) is 0 Å². The minimum Gasteiger partial charge on any atom is -0.478 e. The zero-order valence-electron chi connectivity index (χ0n) is 18.6. The number of hydrogen-bond donors (Lipinski definition) is 2. The van der Waals surface area contributed by atoms with Crippen LogP contribution in [-0.4, -0.2) is 20.9 Å². The monoisotopic (exact) mass is 442 g/mol. The highest BCUT2D eigenvalue weighted by Crippen LogP contribution is 2.32. The second-order valence-corrected chi connectivity index (χ2v) is 7.99. The number of aromatic carboxylic acids is 1. The number of benzene rings is 2. The number of aryl methyl sites for hydroxylation is 3. The molecule has 2 aromatic heterocycles. The second-order valence-electron chi connectivity index (χ2n) is 7.99. The summed E-state index contributed by atoms with van der Waals surface area (Å²) in [7, 11) is 1.77. The Hall–Kier alpha value is -4.38. The second kappa shape index (κ2) is 8.28. The van der Waals surface area contributed by atoms with Crippen molar-refractivity contribution in [3.05, 3.63) is 80.6 Å². The van der Waals surface area contributed by atoms with E-state index < -0.39 is 17.4 Å². The summed E-state index contributed by atoms with van der Waals surface area (Å²) < 4.78 is 7.83. The van der Waals surface area contributed by atoms with Crippen LogP contribution in [-0.2, 0) is 7.05 Å². The van der Waals surface area contributed by atoms with Crippen LogP contribution >= 0.6 is 0 Å². The molecule has 4 aromatic rings. The molecule has 4 rings (SSSR count). The van der Waals surface area contributed by atoms with E-state index in [0.717, 1.165) is 11.3 Å². The lowest BCUT2D eigenvalue weighted by Gasteiger charge is -2.19. The van der Waals surface area contributed by atoms with Crippen molar-refractivity contribution in [2.24, 2.45) is 7.05 Å². The van der Waals surface area contributed by atoms with Gasteiger partial charge >= 0.3 is 5.97 Å². The van der Waals surface area contributed by atoms with Gasteiger partial charge in [-0.05, 0) is 50.6 Å². The first-order chi connectivity index (χ1) is 15.7. The van der Waals surface area contributed by atoms with E-state index in [1.54, 1.807) is 42.1 Å². The van der Waals surface area contributed by atoms with Crippen LogP contribution < -0.4 is 10.7 Å². The number of hydrogen-bond acceptors (Lipinski definition) is 6. The Morgan fingerprint density at radius 3 is 2.61 bits per heavy atom. The molecule has 0 aliphatic carbocycles. The van der Waals surface area contributed by atoms with Gasteiger partial charge in [0, 0.05) is 24.0 Å². The zero-order valence-corrected chi connectivity index (χ0v) is 18.6. The number of nitriles is 1. The molecule has 8 heteroatoms. The van der Waals surface area contributed by atoms with Crippen LogP contribution in [0, 0.1) is 25.2 Å². The van der Waals surface area contributed by atoms with Crippen molar-refractivity contribution < 1.29 is 14.3 Å². The third-order valence-electron chi connectivity index (χ3n) is 5.62. The van der Waals surface area contributed by atoms with E-state index >= 15 is 0 Å². The van der Waals surface area contributed by atoms with Crippen molar-refractivity contribution in [1.82, 2.24) is 9.78 Å². The van der Waals surface area contributed by atoms with Crippen LogP contribution in [0.25, 0.3) is 22.4 Å². The van der Waals surface area contributed by atoms with Crippen LogP contribution in [0.3, 0.4) is 0 Å². The molecule has 0 aliphatic rings. The largest absolute Gasteiger partial charge is 0.478 e. The van der Waals surface area contributed by atoms with E-state index in [4.69, 9.17) is 4.42 Å². The number of rotatable bonds is 5. The predicted octanol–water partition coefficient (Wildman–Crippen LogP) is 4.55. The number of carbonyl (C=O) groups is 1. The van der Waals surface area contributed by atoms with Crippen LogP contribution in [0.5, 0.6) is 0 Å². The van der Waals surface area contributed by atoms with Crippen LogP contribution in [0.4, 0.5) is 5.69 Å². The summed E-state index contributed by atoms with van der Waals surface area (Å²) in [4.78, 5) is 24.9. The minimum absolute atomic E-state index is 0.103. The van der Waals surface area contributed by atoms with E-state index in [9.17, 15) is 20.0 Å². The average Bonchev–Trinajstić information content (AvgIpc) is 3.11. The van der Waals surface area contributed by atoms with Gasteiger partial charge in [0.25, 0.3) is 0 Å². The molecule has 2 heterocycles. The van der Waals surface area contributed by atoms with Gasteiger partial charge in [-0.2, -0.15) is 10.4 Å². The maximum Gasteiger partial charge on any atom is 0.337 e. The third-order valence-corrected chi connectivity index (χ3v) is 5.62. The molecule has 0 saturated heterocycles. The Morgan fingerprint density at radius 1 is 1.24 bits per heavy atom.